The van der Waals surface area contributed by atoms with E-state index in [0.717, 1.165) is 0 Å². The molecule has 0 aliphatic carbocycles. The summed E-state index contributed by atoms with van der Waals surface area (Å²) >= 11 is 0. The molecular weight excluding hydrogens is 152 g/mol. The SMILES string of the molecule is [2H]C([2H])(C#C)CCCCC(=O)OCC. The van der Waals surface area contributed by atoms with Crippen LogP contribution in [-0.2, 0) is 9.53 Å². The van der Waals surface area contributed by atoms with E-state index in [0.29, 0.717) is 32.3 Å². The quantitative estimate of drug-likeness (QED) is 0.347. The Labute approximate surface area is 77.1 Å². The van der Waals surface area contributed by atoms with E-state index in [9.17, 15) is 4.79 Å². The Balaban J connectivity index is 3.48. The lowest BCUT2D eigenvalue weighted by Gasteiger charge is -1.99. The molecule has 0 saturated carbocycles. The fourth-order valence-electron chi connectivity index (χ4n) is 0.788. The van der Waals surface area contributed by atoms with Crippen LogP contribution in [0, 0.1) is 12.3 Å². The first-order chi connectivity index (χ1) is 6.52. The van der Waals surface area contributed by atoms with Crippen LogP contribution in [0.1, 0.15) is 41.7 Å². The molecule has 0 spiro atoms. The smallest absolute Gasteiger partial charge is 0.305 e. The maximum Gasteiger partial charge on any atom is 0.305 e. The third kappa shape index (κ3) is 7.14. The number of ether oxygens (including phenoxy) is 1. The summed E-state index contributed by atoms with van der Waals surface area (Å²) in [4.78, 5) is 10.9. The van der Waals surface area contributed by atoms with Gasteiger partial charge in [-0.15, -0.1) is 12.3 Å². The number of esters is 1. The number of terminal acetylenes is 1. The van der Waals surface area contributed by atoms with Gasteiger partial charge in [-0.05, 0) is 19.8 Å². The first-order valence-electron chi connectivity index (χ1n) is 5.15. The highest BCUT2D eigenvalue weighted by molar-refractivity contribution is 5.69. The fourth-order valence-corrected chi connectivity index (χ4v) is 0.788. The van der Waals surface area contributed by atoms with E-state index in [1.165, 1.54) is 0 Å². The molecule has 0 saturated heterocycles. The summed E-state index contributed by atoms with van der Waals surface area (Å²) < 4.78 is 19.2. The molecule has 12 heavy (non-hydrogen) atoms. The number of rotatable bonds is 6. The highest BCUT2D eigenvalue weighted by Crippen LogP contribution is 2.03. The molecule has 0 amide bonds. The van der Waals surface area contributed by atoms with Gasteiger partial charge >= 0.3 is 5.97 Å². The molecule has 0 N–H and O–H groups in total. The normalized spacial score (nSPS) is 12.7. The third-order valence-corrected chi connectivity index (χ3v) is 1.34. The van der Waals surface area contributed by atoms with Crippen LogP contribution in [0.5, 0.6) is 0 Å². The van der Waals surface area contributed by atoms with Crippen molar-refractivity contribution in [2.75, 3.05) is 6.61 Å². The zero-order valence-corrected chi connectivity index (χ0v) is 7.43. The van der Waals surface area contributed by atoms with Gasteiger partial charge in [-0.3, -0.25) is 4.79 Å². The van der Waals surface area contributed by atoms with Crippen LogP contribution in [0.4, 0.5) is 0 Å². The molecule has 0 aromatic heterocycles. The van der Waals surface area contributed by atoms with Crippen LogP contribution in [0.2, 0.25) is 0 Å². The van der Waals surface area contributed by atoms with Gasteiger partial charge in [0.15, 0.2) is 0 Å². The van der Waals surface area contributed by atoms with E-state index in [2.05, 4.69) is 5.92 Å². The topological polar surface area (TPSA) is 26.3 Å². The van der Waals surface area contributed by atoms with Crippen LogP contribution in [-0.4, -0.2) is 12.6 Å². The molecule has 0 fully saturated rings. The Morgan fingerprint density at radius 3 is 2.92 bits per heavy atom. The average Bonchev–Trinajstić information content (AvgIpc) is 2.13. The molecule has 2 heteroatoms. The standard InChI is InChI=1S/C10H16O2/c1-3-5-6-7-8-9-10(11)12-4-2/h1H,4-9H2,2H3/i5D2. The van der Waals surface area contributed by atoms with Gasteiger partial charge in [0.1, 0.15) is 0 Å². The predicted molar refractivity (Wildman–Crippen MR) is 48.6 cm³/mol. The molecule has 0 rings (SSSR count). The van der Waals surface area contributed by atoms with Crippen molar-refractivity contribution in [3.8, 4) is 12.3 Å². The van der Waals surface area contributed by atoms with Crippen LogP contribution in [0.15, 0.2) is 0 Å². The minimum atomic E-state index is -1.55. The lowest BCUT2D eigenvalue weighted by Crippen LogP contribution is -2.02. The molecule has 0 aliphatic heterocycles. The molecular formula is C10H16O2. The molecule has 0 radical (unpaired) electrons. The summed E-state index contributed by atoms with van der Waals surface area (Å²) in [5.74, 6) is 1.84. The predicted octanol–water partition coefficient (Wildman–Crippen LogP) is 2.13. The summed E-state index contributed by atoms with van der Waals surface area (Å²) in [5, 5.41) is 0. The Bertz CT molecular complexity index is 219. The van der Waals surface area contributed by atoms with Gasteiger partial charge in [0.2, 0.25) is 0 Å². The lowest BCUT2D eigenvalue weighted by molar-refractivity contribution is -0.143. The van der Waals surface area contributed by atoms with Crippen molar-refractivity contribution in [2.45, 2.75) is 39.0 Å². The summed E-state index contributed by atoms with van der Waals surface area (Å²) in [5.41, 5.74) is 0. The highest BCUT2D eigenvalue weighted by atomic mass is 16.5. The Morgan fingerprint density at radius 2 is 2.33 bits per heavy atom. The summed E-state index contributed by atoms with van der Waals surface area (Å²) in [6.45, 7) is 2.15. The molecule has 2 nitrogen and oxygen atoms in total. The van der Waals surface area contributed by atoms with Crippen molar-refractivity contribution in [1.29, 1.82) is 0 Å². The van der Waals surface area contributed by atoms with E-state index in [4.69, 9.17) is 13.9 Å². The maximum atomic E-state index is 10.9. The van der Waals surface area contributed by atoms with E-state index in [1.807, 2.05) is 0 Å². The van der Waals surface area contributed by atoms with Crippen molar-refractivity contribution < 1.29 is 12.3 Å². The van der Waals surface area contributed by atoms with Crippen LogP contribution in [0.25, 0.3) is 0 Å². The van der Waals surface area contributed by atoms with Crippen molar-refractivity contribution in [2.24, 2.45) is 0 Å². The minimum Gasteiger partial charge on any atom is -0.466 e. The van der Waals surface area contributed by atoms with Crippen LogP contribution in [0.3, 0.4) is 0 Å². The van der Waals surface area contributed by atoms with Crippen molar-refractivity contribution in [3.63, 3.8) is 0 Å². The van der Waals surface area contributed by atoms with E-state index in [-0.39, 0.29) is 5.97 Å². The van der Waals surface area contributed by atoms with Gasteiger partial charge in [-0.25, -0.2) is 0 Å². The molecule has 0 aliphatic rings. The van der Waals surface area contributed by atoms with Crippen LogP contribution >= 0.6 is 0 Å². The number of hydrogen-bond acceptors (Lipinski definition) is 2. The zero-order valence-electron chi connectivity index (χ0n) is 9.43. The molecule has 0 aromatic rings. The largest absolute Gasteiger partial charge is 0.466 e. The number of hydrogen-bond donors (Lipinski definition) is 0. The summed E-state index contributed by atoms with van der Waals surface area (Å²) in [6.07, 6.45) is 5.30. The lowest BCUT2D eigenvalue weighted by atomic mass is 10.1. The fraction of sp³-hybridized carbons (Fsp3) is 0.700. The first kappa shape index (κ1) is 7.67. The van der Waals surface area contributed by atoms with Gasteiger partial charge in [-0.2, -0.15) is 0 Å². The average molecular weight is 170 g/mol. The van der Waals surface area contributed by atoms with Crippen molar-refractivity contribution in [3.05, 3.63) is 0 Å². The van der Waals surface area contributed by atoms with Gasteiger partial charge in [-0.1, -0.05) is 6.42 Å². The van der Waals surface area contributed by atoms with Crippen molar-refractivity contribution >= 4 is 5.97 Å². The Hall–Kier alpha value is -0.970. The summed E-state index contributed by atoms with van der Waals surface area (Å²) in [6, 6.07) is 0. The number of carbonyl (C=O) groups is 1. The molecule has 68 valence electrons. The third-order valence-electron chi connectivity index (χ3n) is 1.34. The highest BCUT2D eigenvalue weighted by Gasteiger charge is 1.99. The van der Waals surface area contributed by atoms with Crippen molar-refractivity contribution in [1.82, 2.24) is 0 Å². The number of carbonyl (C=O) groups excluding carboxylic acids is 1. The van der Waals surface area contributed by atoms with Crippen LogP contribution < -0.4 is 0 Å². The Morgan fingerprint density at radius 1 is 1.58 bits per heavy atom. The molecule has 0 bridgehead atoms. The zero-order chi connectivity index (χ0) is 11.0. The molecule has 0 aromatic carbocycles. The van der Waals surface area contributed by atoms with Gasteiger partial charge < -0.3 is 4.74 Å². The second kappa shape index (κ2) is 8.13. The van der Waals surface area contributed by atoms with Gasteiger partial charge in [0.25, 0.3) is 0 Å². The Kier molecular flexibility index (Phi) is 5.19. The molecule has 0 heterocycles. The van der Waals surface area contributed by atoms with Gasteiger partial charge in [0.05, 0.1) is 6.61 Å². The second-order valence-corrected chi connectivity index (χ2v) is 2.33. The second-order valence-electron chi connectivity index (χ2n) is 2.33. The maximum absolute atomic E-state index is 10.9. The van der Waals surface area contributed by atoms with E-state index in [1.54, 1.807) is 6.92 Å². The summed E-state index contributed by atoms with van der Waals surface area (Å²) in [7, 11) is 0. The first-order valence-corrected chi connectivity index (χ1v) is 4.15. The van der Waals surface area contributed by atoms with E-state index >= 15 is 0 Å². The monoisotopic (exact) mass is 170 g/mol. The molecule has 0 atom stereocenters. The van der Waals surface area contributed by atoms with Gasteiger partial charge in [0, 0.05) is 15.5 Å². The molecule has 0 unspecified atom stereocenters. The minimum absolute atomic E-state index is 0.228. The van der Waals surface area contributed by atoms with E-state index < -0.39 is 6.37 Å². The number of unbranched alkanes of at least 4 members (excludes halogenated alkanes) is 1.